The minimum Gasteiger partial charge on any atom is -0.326 e. The summed E-state index contributed by atoms with van der Waals surface area (Å²) < 4.78 is 27.0. The van der Waals surface area contributed by atoms with E-state index in [4.69, 9.17) is 5.73 Å². The molecule has 2 N–H and O–H groups in total. The normalized spacial score (nSPS) is 10.8. The largest absolute Gasteiger partial charge is 0.326 e. The van der Waals surface area contributed by atoms with Crippen LogP contribution in [0, 0.1) is 18.6 Å². The van der Waals surface area contributed by atoms with E-state index in [1.807, 2.05) is 0 Å². The van der Waals surface area contributed by atoms with E-state index in [1.54, 1.807) is 6.92 Å². The van der Waals surface area contributed by atoms with Crippen LogP contribution in [0.3, 0.4) is 0 Å². The molecule has 2 rings (SSSR count). The molecule has 0 unspecified atom stereocenters. The van der Waals surface area contributed by atoms with Crippen molar-refractivity contribution in [3.63, 3.8) is 0 Å². The number of benzene rings is 1. The maximum Gasteiger partial charge on any atom is 0.136 e. The van der Waals surface area contributed by atoms with Crippen molar-refractivity contribution in [1.29, 1.82) is 0 Å². The molecule has 2 aromatic rings. The molecule has 0 saturated heterocycles. The Balaban J connectivity index is 2.58. The van der Waals surface area contributed by atoms with Gasteiger partial charge in [-0.2, -0.15) is 0 Å². The maximum absolute atomic E-state index is 13.5. The third kappa shape index (κ3) is 1.83. The molecule has 16 heavy (non-hydrogen) atoms. The summed E-state index contributed by atoms with van der Waals surface area (Å²) in [6.07, 6.45) is 0. The minimum atomic E-state index is -0.600. The second kappa shape index (κ2) is 4.27. The van der Waals surface area contributed by atoms with Gasteiger partial charge in [-0.25, -0.2) is 13.8 Å². The molecule has 0 fully saturated rings. The van der Waals surface area contributed by atoms with Gasteiger partial charge in [-0.05, 0) is 19.1 Å². The summed E-state index contributed by atoms with van der Waals surface area (Å²) in [5, 5.41) is 0.341. The maximum atomic E-state index is 13.5. The van der Waals surface area contributed by atoms with Gasteiger partial charge in [0.2, 0.25) is 0 Å². The summed E-state index contributed by atoms with van der Waals surface area (Å²) in [6.45, 7) is 2.11. The average molecular weight is 240 g/mol. The minimum absolute atomic E-state index is 0.0738. The van der Waals surface area contributed by atoms with Crippen LogP contribution in [-0.2, 0) is 6.54 Å². The Morgan fingerprint density at radius 1 is 1.31 bits per heavy atom. The zero-order chi connectivity index (χ0) is 11.7. The number of nitrogens with two attached hydrogens (primary N) is 1. The fourth-order valence-corrected chi connectivity index (χ4v) is 2.42. The number of aryl methyl sites for hydroxylation is 1. The van der Waals surface area contributed by atoms with Crippen molar-refractivity contribution in [3.05, 3.63) is 40.4 Å². The average Bonchev–Trinajstić information content (AvgIpc) is 2.59. The van der Waals surface area contributed by atoms with E-state index in [2.05, 4.69) is 4.98 Å². The van der Waals surface area contributed by atoms with Gasteiger partial charge in [0, 0.05) is 11.4 Å². The van der Waals surface area contributed by atoms with Crippen LogP contribution in [0.2, 0.25) is 0 Å². The molecule has 1 aromatic heterocycles. The topological polar surface area (TPSA) is 38.9 Å². The van der Waals surface area contributed by atoms with Crippen LogP contribution in [0.15, 0.2) is 18.2 Å². The third-order valence-electron chi connectivity index (χ3n) is 2.25. The summed E-state index contributed by atoms with van der Waals surface area (Å²) in [7, 11) is 0. The Kier molecular flexibility index (Phi) is 2.98. The predicted octanol–water partition coefficient (Wildman–Crippen LogP) is 2.86. The van der Waals surface area contributed by atoms with Gasteiger partial charge in [0.25, 0.3) is 0 Å². The first-order valence-electron chi connectivity index (χ1n) is 4.74. The number of halogens is 2. The lowest BCUT2D eigenvalue weighted by atomic mass is 10.2. The Morgan fingerprint density at radius 2 is 1.94 bits per heavy atom. The Hall–Kier alpha value is -1.33. The number of thiazole rings is 1. The van der Waals surface area contributed by atoms with E-state index in [1.165, 1.54) is 29.5 Å². The van der Waals surface area contributed by atoms with Crippen LogP contribution in [0.1, 0.15) is 10.6 Å². The van der Waals surface area contributed by atoms with E-state index in [0.717, 1.165) is 10.6 Å². The van der Waals surface area contributed by atoms with Crippen LogP contribution >= 0.6 is 11.3 Å². The Bertz CT molecular complexity index is 502. The molecule has 2 nitrogen and oxygen atoms in total. The molecule has 0 atom stereocenters. The first-order chi connectivity index (χ1) is 7.63. The summed E-state index contributed by atoms with van der Waals surface area (Å²) in [6, 6.07) is 3.77. The van der Waals surface area contributed by atoms with E-state index >= 15 is 0 Å². The lowest BCUT2D eigenvalue weighted by molar-refractivity contribution is 0.589. The highest BCUT2D eigenvalue weighted by Gasteiger charge is 2.16. The van der Waals surface area contributed by atoms with Crippen LogP contribution in [-0.4, -0.2) is 4.98 Å². The van der Waals surface area contributed by atoms with Gasteiger partial charge in [-0.1, -0.05) is 6.07 Å². The molecule has 0 radical (unpaired) electrons. The van der Waals surface area contributed by atoms with E-state index in [-0.39, 0.29) is 5.56 Å². The Labute approximate surface area is 95.7 Å². The summed E-state index contributed by atoms with van der Waals surface area (Å²) in [5.74, 6) is -1.20. The molecule has 84 valence electrons. The van der Waals surface area contributed by atoms with Gasteiger partial charge in [-0.15, -0.1) is 11.3 Å². The van der Waals surface area contributed by atoms with Crippen molar-refractivity contribution in [2.75, 3.05) is 0 Å². The molecule has 0 aliphatic heterocycles. The van der Waals surface area contributed by atoms with E-state index in [9.17, 15) is 8.78 Å². The number of aromatic nitrogens is 1. The SMILES string of the molecule is Cc1nc(-c2c(F)cccc2F)sc1CN. The quantitative estimate of drug-likeness (QED) is 0.876. The highest BCUT2D eigenvalue weighted by molar-refractivity contribution is 7.15. The molecule has 5 heteroatoms. The zero-order valence-electron chi connectivity index (χ0n) is 8.63. The molecular formula is C11H10F2N2S. The molecule has 1 heterocycles. The highest BCUT2D eigenvalue weighted by Crippen LogP contribution is 2.31. The first kappa shape index (κ1) is 11.2. The van der Waals surface area contributed by atoms with Crippen LogP contribution in [0.5, 0.6) is 0 Å². The molecular weight excluding hydrogens is 230 g/mol. The van der Waals surface area contributed by atoms with Crippen molar-refractivity contribution in [3.8, 4) is 10.6 Å². The van der Waals surface area contributed by atoms with Gasteiger partial charge in [0.1, 0.15) is 16.6 Å². The molecule has 0 bridgehead atoms. The second-order valence-electron chi connectivity index (χ2n) is 3.33. The second-order valence-corrected chi connectivity index (χ2v) is 4.41. The van der Waals surface area contributed by atoms with Crippen molar-refractivity contribution in [2.45, 2.75) is 13.5 Å². The highest BCUT2D eigenvalue weighted by atomic mass is 32.1. The number of hydrogen-bond acceptors (Lipinski definition) is 3. The fraction of sp³-hybridized carbons (Fsp3) is 0.182. The van der Waals surface area contributed by atoms with Gasteiger partial charge in [0.15, 0.2) is 0 Å². The number of hydrogen-bond donors (Lipinski definition) is 1. The van der Waals surface area contributed by atoms with Crippen molar-refractivity contribution in [1.82, 2.24) is 4.98 Å². The van der Waals surface area contributed by atoms with Crippen molar-refractivity contribution < 1.29 is 8.78 Å². The fourth-order valence-electron chi connectivity index (χ4n) is 1.43. The monoisotopic (exact) mass is 240 g/mol. The summed E-state index contributed by atoms with van der Waals surface area (Å²) in [5.41, 5.74) is 6.15. The summed E-state index contributed by atoms with van der Waals surface area (Å²) in [4.78, 5) is 4.98. The summed E-state index contributed by atoms with van der Waals surface area (Å²) >= 11 is 1.22. The number of nitrogens with zero attached hydrogens (tertiary/aromatic N) is 1. The number of rotatable bonds is 2. The van der Waals surface area contributed by atoms with E-state index < -0.39 is 11.6 Å². The zero-order valence-corrected chi connectivity index (χ0v) is 9.44. The molecule has 0 aliphatic rings. The molecule has 0 aliphatic carbocycles. The van der Waals surface area contributed by atoms with E-state index in [0.29, 0.717) is 11.6 Å². The standard InChI is InChI=1S/C11H10F2N2S/c1-6-9(5-14)16-11(15-6)10-7(12)3-2-4-8(10)13/h2-4H,5,14H2,1H3. The van der Waals surface area contributed by atoms with Gasteiger partial charge in [-0.3, -0.25) is 0 Å². The lowest BCUT2D eigenvalue weighted by Crippen LogP contribution is -1.94. The predicted molar refractivity (Wildman–Crippen MR) is 60.1 cm³/mol. The van der Waals surface area contributed by atoms with Crippen LogP contribution < -0.4 is 5.73 Å². The van der Waals surface area contributed by atoms with Crippen LogP contribution in [0.4, 0.5) is 8.78 Å². The molecule has 0 amide bonds. The van der Waals surface area contributed by atoms with Gasteiger partial charge in [0.05, 0.1) is 11.3 Å². The Morgan fingerprint density at radius 3 is 2.44 bits per heavy atom. The van der Waals surface area contributed by atoms with Crippen LogP contribution in [0.25, 0.3) is 10.6 Å². The van der Waals surface area contributed by atoms with Crippen molar-refractivity contribution in [2.24, 2.45) is 5.73 Å². The molecule has 1 aromatic carbocycles. The lowest BCUT2D eigenvalue weighted by Gasteiger charge is -1.99. The van der Waals surface area contributed by atoms with Gasteiger partial charge < -0.3 is 5.73 Å². The van der Waals surface area contributed by atoms with Crippen molar-refractivity contribution >= 4 is 11.3 Å². The molecule has 0 spiro atoms. The molecule has 0 saturated carbocycles. The first-order valence-corrected chi connectivity index (χ1v) is 5.56. The third-order valence-corrected chi connectivity index (χ3v) is 3.45. The van der Waals surface area contributed by atoms with Gasteiger partial charge >= 0.3 is 0 Å². The smallest absolute Gasteiger partial charge is 0.136 e.